The van der Waals surface area contributed by atoms with Crippen LogP contribution in [0.1, 0.15) is 26.7 Å². The average Bonchev–Trinajstić information content (AvgIpc) is 3.06. The van der Waals surface area contributed by atoms with Crippen LogP contribution in [0.3, 0.4) is 0 Å². The molecule has 0 aliphatic heterocycles. The number of carbonyl (C=O) groups excluding carboxylic acids is 3. The fraction of sp³-hybridized carbons (Fsp3) is 0.0278. The van der Waals surface area contributed by atoms with E-state index >= 15 is 0 Å². The van der Waals surface area contributed by atoms with E-state index in [0.717, 1.165) is 20.5 Å². The second-order valence-electron chi connectivity index (χ2n) is 9.79. The van der Waals surface area contributed by atoms with E-state index in [0.29, 0.717) is 22.0 Å². The Morgan fingerprint density at radius 1 is 0.733 bits per heavy atom. The zero-order valence-electron chi connectivity index (χ0n) is 23.7. The van der Waals surface area contributed by atoms with Crippen molar-refractivity contribution in [3.63, 3.8) is 0 Å². The van der Waals surface area contributed by atoms with Gasteiger partial charge in [0.2, 0.25) is 5.91 Å². The summed E-state index contributed by atoms with van der Waals surface area (Å²) in [5.74, 6) is -1.15. The van der Waals surface area contributed by atoms with Crippen molar-refractivity contribution in [3.8, 4) is 0 Å². The molecule has 0 spiro atoms. The van der Waals surface area contributed by atoms with E-state index in [4.69, 9.17) is 11.6 Å². The molecular formula is C36H27BrClN3O3S. The summed E-state index contributed by atoms with van der Waals surface area (Å²) in [4.78, 5) is 40.8. The fourth-order valence-electron chi connectivity index (χ4n) is 4.31. The van der Waals surface area contributed by atoms with Gasteiger partial charge in [0.05, 0.1) is 10.7 Å². The minimum Gasteiger partial charge on any atom is -0.323 e. The topological polar surface area (TPSA) is 87.3 Å². The maximum Gasteiger partial charge on any atom is 0.272 e. The summed E-state index contributed by atoms with van der Waals surface area (Å²) in [5.41, 5.74) is 3.06. The molecule has 9 heteroatoms. The SMILES string of the molecule is O=C(Nc1cccc(SC(C(=O)Nc2ccccc2Cl)c2ccccc2)c1)/C(=C/c1ccc(Br)cc1)NC(=O)c1ccccc1. The highest BCUT2D eigenvalue weighted by atomic mass is 79.9. The van der Waals surface area contributed by atoms with E-state index in [2.05, 4.69) is 31.9 Å². The highest BCUT2D eigenvalue weighted by molar-refractivity contribution is 9.10. The van der Waals surface area contributed by atoms with Crippen molar-refractivity contribution in [2.24, 2.45) is 0 Å². The van der Waals surface area contributed by atoms with Crippen LogP contribution in [-0.4, -0.2) is 17.7 Å². The van der Waals surface area contributed by atoms with Gasteiger partial charge in [-0.05, 0) is 71.8 Å². The summed E-state index contributed by atoms with van der Waals surface area (Å²) < 4.78 is 0.891. The molecule has 0 saturated heterocycles. The number of rotatable bonds is 10. The van der Waals surface area contributed by atoms with Gasteiger partial charge in [-0.25, -0.2) is 0 Å². The molecule has 6 nitrogen and oxygen atoms in total. The lowest BCUT2D eigenvalue weighted by Crippen LogP contribution is -2.30. The largest absolute Gasteiger partial charge is 0.323 e. The molecule has 5 aromatic carbocycles. The molecule has 224 valence electrons. The van der Waals surface area contributed by atoms with Gasteiger partial charge < -0.3 is 16.0 Å². The van der Waals surface area contributed by atoms with Crippen LogP contribution in [0.25, 0.3) is 6.08 Å². The molecular weight excluding hydrogens is 670 g/mol. The predicted octanol–water partition coefficient (Wildman–Crippen LogP) is 8.98. The van der Waals surface area contributed by atoms with Crippen LogP contribution in [0.5, 0.6) is 0 Å². The van der Waals surface area contributed by atoms with Crippen LogP contribution in [0.15, 0.2) is 149 Å². The van der Waals surface area contributed by atoms with Gasteiger partial charge in [0, 0.05) is 20.6 Å². The molecule has 0 saturated carbocycles. The number of carbonyl (C=O) groups is 3. The Morgan fingerprint density at radius 3 is 2.11 bits per heavy atom. The third-order valence-electron chi connectivity index (χ3n) is 6.53. The second-order valence-corrected chi connectivity index (χ2v) is 12.3. The summed E-state index contributed by atoms with van der Waals surface area (Å²) >= 11 is 11.1. The molecule has 3 amide bonds. The number of halogens is 2. The number of nitrogens with one attached hydrogen (secondary N) is 3. The number of hydrogen-bond acceptors (Lipinski definition) is 4. The zero-order valence-corrected chi connectivity index (χ0v) is 26.9. The smallest absolute Gasteiger partial charge is 0.272 e. The van der Waals surface area contributed by atoms with Crippen molar-refractivity contribution in [3.05, 3.63) is 165 Å². The van der Waals surface area contributed by atoms with Crippen molar-refractivity contribution in [2.45, 2.75) is 10.1 Å². The number of anilines is 2. The first kappa shape index (κ1) is 31.8. The van der Waals surface area contributed by atoms with Crippen LogP contribution in [0.4, 0.5) is 11.4 Å². The predicted molar refractivity (Wildman–Crippen MR) is 186 cm³/mol. The van der Waals surface area contributed by atoms with Crippen molar-refractivity contribution in [1.82, 2.24) is 5.32 Å². The molecule has 0 heterocycles. The minimum atomic E-state index is -0.605. The van der Waals surface area contributed by atoms with Crippen LogP contribution < -0.4 is 16.0 Å². The Balaban J connectivity index is 1.37. The lowest BCUT2D eigenvalue weighted by molar-refractivity contribution is -0.116. The third kappa shape index (κ3) is 8.95. The Kier molecular flexibility index (Phi) is 10.9. The Hall–Kier alpha value is -4.63. The standard InChI is InChI=1S/C36H27BrClN3O3S/c37-27-20-18-24(19-21-27)22-32(41-34(42)26-12-5-2-6-13-26)35(43)39-28-14-9-15-29(23-28)45-33(25-10-3-1-4-11-25)36(44)40-31-17-8-7-16-30(31)38/h1-23,33H,(H,39,43)(H,40,44)(H,41,42)/b32-22-. The van der Waals surface area contributed by atoms with Gasteiger partial charge in [0.15, 0.2) is 0 Å². The number of thioether (sulfide) groups is 1. The summed E-state index contributed by atoms with van der Waals surface area (Å²) in [6.45, 7) is 0. The lowest BCUT2D eigenvalue weighted by atomic mass is 10.1. The summed E-state index contributed by atoms with van der Waals surface area (Å²) in [7, 11) is 0. The molecule has 0 radical (unpaired) electrons. The van der Waals surface area contributed by atoms with Crippen molar-refractivity contribution >= 4 is 74.5 Å². The summed E-state index contributed by atoms with van der Waals surface area (Å²) in [5, 5.41) is 8.43. The van der Waals surface area contributed by atoms with E-state index in [1.807, 2.05) is 66.7 Å². The normalized spacial score (nSPS) is 11.7. The van der Waals surface area contributed by atoms with Gasteiger partial charge in [0.25, 0.3) is 11.8 Å². The number of amides is 3. The molecule has 0 bridgehead atoms. The molecule has 0 fully saturated rings. The third-order valence-corrected chi connectivity index (χ3v) is 8.63. The van der Waals surface area contributed by atoms with Gasteiger partial charge in [-0.2, -0.15) is 0 Å². The van der Waals surface area contributed by atoms with Crippen molar-refractivity contribution in [2.75, 3.05) is 10.6 Å². The number of para-hydroxylation sites is 1. The summed E-state index contributed by atoms with van der Waals surface area (Å²) in [6.07, 6.45) is 1.62. The number of benzene rings is 5. The molecule has 3 N–H and O–H groups in total. The minimum absolute atomic E-state index is 0.0745. The monoisotopic (exact) mass is 695 g/mol. The van der Waals surface area contributed by atoms with Crippen LogP contribution >= 0.6 is 39.3 Å². The molecule has 1 atom stereocenters. The van der Waals surface area contributed by atoms with Gasteiger partial charge in [-0.3, -0.25) is 14.4 Å². The maximum atomic E-state index is 13.6. The van der Waals surface area contributed by atoms with E-state index < -0.39 is 17.1 Å². The van der Waals surface area contributed by atoms with Gasteiger partial charge >= 0.3 is 0 Å². The lowest BCUT2D eigenvalue weighted by Gasteiger charge is -2.18. The Bertz CT molecular complexity index is 1830. The molecule has 0 aromatic heterocycles. The highest BCUT2D eigenvalue weighted by Gasteiger charge is 2.23. The van der Waals surface area contributed by atoms with Gasteiger partial charge in [-0.15, -0.1) is 11.8 Å². The highest BCUT2D eigenvalue weighted by Crippen LogP contribution is 2.37. The van der Waals surface area contributed by atoms with Gasteiger partial charge in [0.1, 0.15) is 10.9 Å². The van der Waals surface area contributed by atoms with Crippen LogP contribution in [0, 0.1) is 0 Å². The average molecular weight is 697 g/mol. The fourth-order valence-corrected chi connectivity index (χ4v) is 5.84. The van der Waals surface area contributed by atoms with E-state index in [-0.39, 0.29) is 11.6 Å². The van der Waals surface area contributed by atoms with Crippen LogP contribution in [0.2, 0.25) is 5.02 Å². The first-order chi connectivity index (χ1) is 21.9. The van der Waals surface area contributed by atoms with E-state index in [1.54, 1.807) is 72.8 Å². The molecule has 5 aromatic rings. The second kappa shape index (κ2) is 15.4. The molecule has 0 aliphatic carbocycles. The number of hydrogen-bond donors (Lipinski definition) is 3. The molecule has 5 rings (SSSR count). The molecule has 0 aliphatic rings. The van der Waals surface area contributed by atoms with E-state index in [9.17, 15) is 14.4 Å². The Labute approximate surface area is 279 Å². The zero-order chi connectivity index (χ0) is 31.6. The Morgan fingerprint density at radius 2 is 1.40 bits per heavy atom. The first-order valence-corrected chi connectivity index (χ1v) is 15.9. The van der Waals surface area contributed by atoms with Gasteiger partial charge in [-0.1, -0.05) is 106 Å². The van der Waals surface area contributed by atoms with Crippen LogP contribution in [-0.2, 0) is 9.59 Å². The maximum absolute atomic E-state index is 13.6. The molecule has 1 unspecified atom stereocenters. The van der Waals surface area contributed by atoms with Crippen molar-refractivity contribution in [1.29, 1.82) is 0 Å². The van der Waals surface area contributed by atoms with Crippen molar-refractivity contribution < 1.29 is 14.4 Å². The van der Waals surface area contributed by atoms with E-state index in [1.165, 1.54) is 11.8 Å². The first-order valence-electron chi connectivity index (χ1n) is 13.9. The molecule has 45 heavy (non-hydrogen) atoms. The quantitative estimate of drug-likeness (QED) is 0.101. The summed E-state index contributed by atoms with van der Waals surface area (Å²) in [6, 6.07) is 39.8.